The van der Waals surface area contributed by atoms with Crippen molar-refractivity contribution in [1.82, 2.24) is 10.2 Å². The Hall–Kier alpha value is -2.82. The summed E-state index contributed by atoms with van der Waals surface area (Å²) >= 11 is 0. The molecule has 0 N–H and O–H groups in total. The molecule has 1 heterocycles. The Balaban J connectivity index is 1.57. The van der Waals surface area contributed by atoms with Crippen LogP contribution in [0.3, 0.4) is 0 Å². The molecule has 24 heavy (non-hydrogen) atoms. The highest BCUT2D eigenvalue weighted by Crippen LogP contribution is 2.26. The molecule has 0 aliphatic rings. The molecular weight excluding hydrogens is 304 g/mol. The van der Waals surface area contributed by atoms with E-state index in [1.165, 1.54) is 0 Å². The zero-order valence-electron chi connectivity index (χ0n) is 13.8. The SMILES string of the molecule is CC(C)c1ccccc1OCc1nnc(COc2ccccc2)o1. The zero-order valence-corrected chi connectivity index (χ0v) is 13.8. The molecule has 5 heteroatoms. The molecular formula is C19H20N2O3. The summed E-state index contributed by atoms with van der Waals surface area (Å²) in [6.07, 6.45) is 0. The summed E-state index contributed by atoms with van der Waals surface area (Å²) in [5.41, 5.74) is 1.16. The van der Waals surface area contributed by atoms with Crippen molar-refractivity contribution >= 4 is 0 Å². The van der Waals surface area contributed by atoms with Gasteiger partial charge in [-0.05, 0) is 29.7 Å². The first-order valence-corrected chi connectivity index (χ1v) is 7.93. The third-order valence-corrected chi connectivity index (χ3v) is 3.51. The zero-order chi connectivity index (χ0) is 16.8. The lowest BCUT2D eigenvalue weighted by Crippen LogP contribution is -2.00. The molecule has 0 unspecified atom stereocenters. The molecule has 0 spiro atoms. The fraction of sp³-hybridized carbons (Fsp3) is 0.263. The highest BCUT2D eigenvalue weighted by atomic mass is 16.5. The fourth-order valence-electron chi connectivity index (χ4n) is 2.30. The molecule has 0 saturated carbocycles. The van der Waals surface area contributed by atoms with E-state index in [1.807, 2.05) is 48.5 Å². The molecule has 3 aromatic rings. The highest BCUT2D eigenvalue weighted by molar-refractivity contribution is 5.35. The van der Waals surface area contributed by atoms with E-state index in [0.717, 1.165) is 17.1 Å². The monoisotopic (exact) mass is 324 g/mol. The van der Waals surface area contributed by atoms with Crippen LogP contribution in [0.1, 0.15) is 37.1 Å². The average molecular weight is 324 g/mol. The average Bonchev–Trinajstić information content (AvgIpc) is 3.07. The van der Waals surface area contributed by atoms with Crippen molar-refractivity contribution in [3.63, 3.8) is 0 Å². The number of benzene rings is 2. The normalized spacial score (nSPS) is 10.8. The van der Waals surface area contributed by atoms with Crippen LogP contribution in [-0.2, 0) is 13.2 Å². The van der Waals surface area contributed by atoms with E-state index in [0.29, 0.717) is 17.7 Å². The molecule has 0 aliphatic heterocycles. The molecule has 3 rings (SSSR count). The van der Waals surface area contributed by atoms with Crippen LogP contribution in [0.25, 0.3) is 0 Å². The molecule has 0 fully saturated rings. The molecule has 0 aliphatic carbocycles. The maximum Gasteiger partial charge on any atom is 0.254 e. The van der Waals surface area contributed by atoms with Gasteiger partial charge in [0.2, 0.25) is 0 Å². The second-order valence-electron chi connectivity index (χ2n) is 5.67. The Morgan fingerprint density at radius 1 is 0.833 bits per heavy atom. The lowest BCUT2D eigenvalue weighted by molar-refractivity contribution is 0.230. The van der Waals surface area contributed by atoms with Crippen LogP contribution >= 0.6 is 0 Å². The van der Waals surface area contributed by atoms with Gasteiger partial charge in [0, 0.05) is 0 Å². The van der Waals surface area contributed by atoms with Crippen molar-refractivity contribution < 1.29 is 13.9 Å². The van der Waals surface area contributed by atoms with Crippen LogP contribution in [0, 0.1) is 0 Å². The fourth-order valence-corrected chi connectivity index (χ4v) is 2.30. The standard InChI is InChI=1S/C19H20N2O3/c1-14(2)16-10-6-7-11-17(16)23-13-19-21-20-18(24-19)12-22-15-8-4-3-5-9-15/h3-11,14H,12-13H2,1-2H3. The van der Waals surface area contributed by atoms with Crippen molar-refractivity contribution in [2.75, 3.05) is 0 Å². The van der Waals surface area contributed by atoms with E-state index in [9.17, 15) is 0 Å². The summed E-state index contributed by atoms with van der Waals surface area (Å²) in [7, 11) is 0. The second-order valence-corrected chi connectivity index (χ2v) is 5.67. The second kappa shape index (κ2) is 7.64. The van der Waals surface area contributed by atoms with Crippen LogP contribution in [0.5, 0.6) is 11.5 Å². The van der Waals surface area contributed by atoms with Crippen molar-refractivity contribution in [2.24, 2.45) is 0 Å². The Bertz CT molecular complexity index is 769. The summed E-state index contributed by atoms with van der Waals surface area (Å²) in [5.74, 6) is 2.85. The largest absolute Gasteiger partial charge is 0.484 e. The minimum Gasteiger partial charge on any atom is -0.484 e. The predicted octanol–water partition coefficient (Wildman–Crippen LogP) is 4.35. The summed E-state index contributed by atoms with van der Waals surface area (Å²) in [4.78, 5) is 0. The molecule has 1 aromatic heterocycles. The summed E-state index contributed by atoms with van der Waals surface area (Å²) in [6.45, 7) is 4.74. The van der Waals surface area contributed by atoms with Crippen LogP contribution < -0.4 is 9.47 Å². The van der Waals surface area contributed by atoms with E-state index in [2.05, 4.69) is 30.1 Å². The van der Waals surface area contributed by atoms with E-state index < -0.39 is 0 Å². The number of rotatable bonds is 7. The summed E-state index contributed by atoms with van der Waals surface area (Å²) < 4.78 is 17.0. The maximum absolute atomic E-state index is 5.82. The van der Waals surface area contributed by atoms with Gasteiger partial charge in [-0.25, -0.2) is 0 Å². The number of hydrogen-bond donors (Lipinski definition) is 0. The number of para-hydroxylation sites is 2. The van der Waals surface area contributed by atoms with Gasteiger partial charge >= 0.3 is 0 Å². The van der Waals surface area contributed by atoms with Gasteiger partial charge in [-0.1, -0.05) is 50.2 Å². The Labute approximate surface area is 141 Å². The third kappa shape index (κ3) is 4.13. The van der Waals surface area contributed by atoms with Crippen LogP contribution in [0.2, 0.25) is 0 Å². The van der Waals surface area contributed by atoms with Crippen LogP contribution in [0.4, 0.5) is 0 Å². The van der Waals surface area contributed by atoms with Crippen LogP contribution in [0.15, 0.2) is 59.0 Å². The molecule has 0 saturated heterocycles. The first-order valence-electron chi connectivity index (χ1n) is 7.93. The Morgan fingerprint density at radius 3 is 2.17 bits per heavy atom. The van der Waals surface area contributed by atoms with Crippen molar-refractivity contribution in [3.05, 3.63) is 71.9 Å². The number of ether oxygens (including phenoxy) is 2. The summed E-state index contributed by atoms with van der Waals surface area (Å²) in [5, 5.41) is 7.98. The molecule has 2 aromatic carbocycles. The van der Waals surface area contributed by atoms with Crippen molar-refractivity contribution in [3.8, 4) is 11.5 Å². The van der Waals surface area contributed by atoms with Gasteiger partial charge in [0.05, 0.1) is 0 Å². The first-order chi connectivity index (χ1) is 11.7. The third-order valence-electron chi connectivity index (χ3n) is 3.51. The number of aromatic nitrogens is 2. The van der Waals surface area contributed by atoms with Crippen molar-refractivity contribution in [2.45, 2.75) is 33.0 Å². The first kappa shape index (κ1) is 16.1. The van der Waals surface area contributed by atoms with Gasteiger partial charge in [0.15, 0.2) is 13.2 Å². The van der Waals surface area contributed by atoms with Gasteiger partial charge < -0.3 is 13.9 Å². The molecule has 0 atom stereocenters. The Morgan fingerprint density at radius 2 is 1.46 bits per heavy atom. The Kier molecular flexibility index (Phi) is 5.11. The van der Waals surface area contributed by atoms with Gasteiger partial charge in [-0.15, -0.1) is 10.2 Å². The topological polar surface area (TPSA) is 57.4 Å². The highest BCUT2D eigenvalue weighted by Gasteiger charge is 2.10. The van der Waals surface area contributed by atoms with Gasteiger partial charge in [0.25, 0.3) is 11.8 Å². The van der Waals surface area contributed by atoms with E-state index >= 15 is 0 Å². The molecule has 0 bridgehead atoms. The number of hydrogen-bond acceptors (Lipinski definition) is 5. The van der Waals surface area contributed by atoms with E-state index in [-0.39, 0.29) is 13.2 Å². The minimum absolute atomic E-state index is 0.236. The maximum atomic E-state index is 5.82. The molecule has 0 amide bonds. The van der Waals surface area contributed by atoms with Crippen LogP contribution in [-0.4, -0.2) is 10.2 Å². The van der Waals surface area contributed by atoms with Gasteiger partial charge in [-0.3, -0.25) is 0 Å². The number of nitrogens with zero attached hydrogens (tertiary/aromatic N) is 2. The van der Waals surface area contributed by atoms with E-state index in [1.54, 1.807) is 0 Å². The van der Waals surface area contributed by atoms with Crippen molar-refractivity contribution in [1.29, 1.82) is 0 Å². The summed E-state index contributed by atoms with van der Waals surface area (Å²) in [6, 6.07) is 17.5. The smallest absolute Gasteiger partial charge is 0.254 e. The molecule has 0 radical (unpaired) electrons. The minimum atomic E-state index is 0.236. The lowest BCUT2D eigenvalue weighted by atomic mass is 10.0. The molecule has 124 valence electrons. The van der Waals surface area contributed by atoms with E-state index in [4.69, 9.17) is 13.9 Å². The molecule has 5 nitrogen and oxygen atoms in total. The quantitative estimate of drug-likeness (QED) is 0.646. The van der Waals surface area contributed by atoms with Gasteiger partial charge in [-0.2, -0.15) is 0 Å². The lowest BCUT2D eigenvalue weighted by Gasteiger charge is -2.12. The van der Waals surface area contributed by atoms with Gasteiger partial charge in [0.1, 0.15) is 11.5 Å². The predicted molar refractivity (Wildman–Crippen MR) is 89.9 cm³/mol.